The van der Waals surface area contributed by atoms with E-state index in [-0.39, 0.29) is 17.7 Å². The molecule has 2 aromatic rings. The van der Waals surface area contributed by atoms with E-state index in [9.17, 15) is 9.18 Å². The number of fused-ring (bicyclic) bond motifs is 2. The zero-order valence-electron chi connectivity index (χ0n) is 12.0. The number of benzene rings is 2. The lowest BCUT2D eigenvalue weighted by Gasteiger charge is -2.24. The van der Waals surface area contributed by atoms with Crippen LogP contribution < -0.4 is 0 Å². The van der Waals surface area contributed by atoms with Gasteiger partial charge in [0.15, 0.2) is 0 Å². The number of aldehydes is 1. The van der Waals surface area contributed by atoms with Crippen LogP contribution in [0.1, 0.15) is 41.0 Å². The van der Waals surface area contributed by atoms with Crippen molar-refractivity contribution in [1.29, 1.82) is 0 Å². The molecule has 0 aliphatic heterocycles. The van der Waals surface area contributed by atoms with Gasteiger partial charge >= 0.3 is 0 Å². The topological polar surface area (TPSA) is 17.1 Å². The van der Waals surface area contributed by atoms with Gasteiger partial charge in [-0.2, -0.15) is 0 Å². The summed E-state index contributed by atoms with van der Waals surface area (Å²) < 4.78 is 13.6. The number of rotatable bonds is 2. The third kappa shape index (κ3) is 2.31. The maximum absolute atomic E-state index is 13.6. The summed E-state index contributed by atoms with van der Waals surface area (Å²) in [4.78, 5) is 11.3. The maximum atomic E-state index is 13.6. The maximum Gasteiger partial charge on any atom is 0.146 e. The Kier molecular flexibility index (Phi) is 3.46. The van der Waals surface area contributed by atoms with E-state index in [4.69, 9.17) is 0 Å². The summed E-state index contributed by atoms with van der Waals surface area (Å²) in [6, 6.07) is 13.1. The monoisotopic (exact) mass is 280 g/mol. The van der Waals surface area contributed by atoms with E-state index in [1.807, 2.05) is 31.2 Å². The first kappa shape index (κ1) is 13.7. The van der Waals surface area contributed by atoms with Gasteiger partial charge in [-0.05, 0) is 52.3 Å². The van der Waals surface area contributed by atoms with Crippen molar-refractivity contribution in [2.45, 2.75) is 25.2 Å². The van der Waals surface area contributed by atoms with Crippen LogP contribution in [0.4, 0.5) is 4.39 Å². The summed E-state index contributed by atoms with van der Waals surface area (Å²) in [6.45, 7) is 5.96. The third-order valence-corrected chi connectivity index (χ3v) is 4.42. The molecule has 1 nitrogen and oxygen atoms in total. The van der Waals surface area contributed by atoms with Crippen molar-refractivity contribution in [3.8, 4) is 0 Å². The second kappa shape index (κ2) is 5.28. The van der Waals surface area contributed by atoms with Crippen LogP contribution in [0, 0.1) is 5.82 Å². The van der Waals surface area contributed by atoms with Crippen molar-refractivity contribution < 1.29 is 9.18 Å². The van der Waals surface area contributed by atoms with E-state index < -0.39 is 0 Å². The molecule has 1 aliphatic carbocycles. The van der Waals surface area contributed by atoms with Crippen molar-refractivity contribution in [2.75, 3.05) is 0 Å². The number of carbonyl (C=O) groups excluding carboxylic acids is 1. The van der Waals surface area contributed by atoms with Crippen LogP contribution in [0.15, 0.2) is 54.6 Å². The van der Waals surface area contributed by atoms with E-state index in [2.05, 4.69) is 12.6 Å². The number of halogens is 1. The van der Waals surface area contributed by atoms with Crippen molar-refractivity contribution >= 4 is 6.29 Å². The van der Waals surface area contributed by atoms with Crippen LogP contribution in [0.2, 0.25) is 0 Å². The largest absolute Gasteiger partial charge is 0.298 e. The summed E-state index contributed by atoms with van der Waals surface area (Å²) in [5.41, 5.74) is 4.95. The predicted octanol–water partition coefficient (Wildman–Crippen LogP) is 4.37. The van der Waals surface area contributed by atoms with Gasteiger partial charge in [0.05, 0.1) is 0 Å². The Labute approximate surface area is 124 Å². The van der Waals surface area contributed by atoms with Crippen molar-refractivity contribution in [2.24, 2.45) is 0 Å². The van der Waals surface area contributed by atoms with E-state index in [1.54, 1.807) is 6.07 Å². The molecule has 0 amide bonds. The quantitative estimate of drug-likeness (QED) is 0.589. The van der Waals surface area contributed by atoms with Crippen LogP contribution in [-0.4, -0.2) is 6.29 Å². The second-order valence-corrected chi connectivity index (χ2v) is 5.68. The van der Waals surface area contributed by atoms with Gasteiger partial charge < -0.3 is 0 Å². The minimum Gasteiger partial charge on any atom is -0.298 e. The Hall–Kier alpha value is -2.22. The Balaban J connectivity index is 2.24. The summed E-state index contributed by atoms with van der Waals surface area (Å²) in [5, 5.41) is 0. The highest BCUT2D eigenvalue weighted by molar-refractivity contribution is 5.76. The van der Waals surface area contributed by atoms with Gasteiger partial charge in [0.1, 0.15) is 12.1 Å². The Morgan fingerprint density at radius 3 is 2.67 bits per heavy atom. The second-order valence-electron chi connectivity index (χ2n) is 5.68. The fourth-order valence-corrected chi connectivity index (χ4v) is 3.40. The van der Waals surface area contributed by atoms with Gasteiger partial charge in [0.2, 0.25) is 0 Å². The van der Waals surface area contributed by atoms with Gasteiger partial charge in [-0.25, -0.2) is 4.39 Å². The number of allylic oxidation sites excluding steroid dienone is 1. The molecule has 2 heteroatoms. The zero-order valence-corrected chi connectivity index (χ0v) is 12.0. The molecule has 2 aromatic carbocycles. The molecule has 0 fully saturated rings. The molecular weight excluding hydrogens is 263 g/mol. The van der Waals surface area contributed by atoms with Gasteiger partial charge in [-0.15, -0.1) is 0 Å². The lowest BCUT2D eigenvalue weighted by molar-refractivity contribution is -0.105. The fraction of sp³-hybridized carbons (Fsp3) is 0.211. The highest BCUT2D eigenvalue weighted by Crippen LogP contribution is 2.43. The first-order valence-electron chi connectivity index (χ1n) is 7.12. The molecule has 0 heterocycles. The molecule has 2 atom stereocenters. The van der Waals surface area contributed by atoms with Crippen molar-refractivity contribution in [1.82, 2.24) is 0 Å². The molecule has 0 N–H and O–H groups in total. The van der Waals surface area contributed by atoms with Crippen LogP contribution in [0.25, 0.3) is 0 Å². The summed E-state index contributed by atoms with van der Waals surface area (Å²) in [7, 11) is 0. The van der Waals surface area contributed by atoms with Crippen molar-refractivity contribution in [3.05, 3.63) is 82.7 Å². The van der Waals surface area contributed by atoms with Crippen LogP contribution >= 0.6 is 0 Å². The normalized spacial score (nSPS) is 20.1. The van der Waals surface area contributed by atoms with Gasteiger partial charge in [0, 0.05) is 5.92 Å². The van der Waals surface area contributed by atoms with Gasteiger partial charge in [-0.3, -0.25) is 4.79 Å². The van der Waals surface area contributed by atoms with Crippen molar-refractivity contribution in [3.63, 3.8) is 0 Å². The highest BCUT2D eigenvalue weighted by atomic mass is 19.1. The highest BCUT2D eigenvalue weighted by Gasteiger charge is 2.30. The first-order valence-corrected chi connectivity index (χ1v) is 7.12. The first-order chi connectivity index (χ1) is 10.1. The lowest BCUT2D eigenvalue weighted by atomic mass is 9.79. The summed E-state index contributed by atoms with van der Waals surface area (Å²) in [6.07, 6.45) is 1.58. The molecule has 0 unspecified atom stereocenters. The van der Waals surface area contributed by atoms with E-state index in [0.717, 1.165) is 29.4 Å². The van der Waals surface area contributed by atoms with E-state index in [1.165, 1.54) is 11.6 Å². The number of carbonyl (C=O) groups is 1. The Morgan fingerprint density at radius 1 is 1.19 bits per heavy atom. The average Bonchev–Trinajstić information content (AvgIpc) is 2.61. The minimum atomic E-state index is -0.234. The molecule has 0 saturated heterocycles. The van der Waals surface area contributed by atoms with Gasteiger partial charge in [-0.1, -0.05) is 43.8 Å². The standard InChI is InChI=1S/C19H17FO/c1-12(11-21)19-13(2)18-10-16(20)8-7-15(18)9-14-5-3-4-6-17(14)19/h3-8,10-11,13,19H,1,9H2,2H3/t13-,19+/m1/s1. The zero-order chi connectivity index (χ0) is 15.0. The Bertz CT molecular complexity index is 717. The van der Waals surface area contributed by atoms with E-state index in [0.29, 0.717) is 5.57 Å². The van der Waals surface area contributed by atoms with Gasteiger partial charge in [0.25, 0.3) is 0 Å². The van der Waals surface area contributed by atoms with Crippen LogP contribution in [-0.2, 0) is 11.2 Å². The third-order valence-electron chi connectivity index (χ3n) is 4.42. The fourth-order valence-electron chi connectivity index (χ4n) is 3.40. The van der Waals surface area contributed by atoms with Crippen LogP contribution in [0.5, 0.6) is 0 Å². The molecule has 0 spiro atoms. The SMILES string of the molecule is C=C(C=O)[C@@H]1c2ccccc2Cc2ccc(F)cc2[C@H]1C. The Morgan fingerprint density at radius 2 is 1.90 bits per heavy atom. The average molecular weight is 280 g/mol. The molecule has 1 aliphatic rings. The molecule has 21 heavy (non-hydrogen) atoms. The molecule has 3 rings (SSSR count). The molecule has 0 bridgehead atoms. The molecule has 106 valence electrons. The molecular formula is C19H17FO. The smallest absolute Gasteiger partial charge is 0.146 e. The summed E-state index contributed by atoms with van der Waals surface area (Å²) >= 11 is 0. The lowest BCUT2D eigenvalue weighted by Crippen LogP contribution is -2.12. The molecule has 0 saturated carbocycles. The number of hydrogen-bond acceptors (Lipinski definition) is 1. The molecule has 0 radical (unpaired) electrons. The summed E-state index contributed by atoms with van der Waals surface area (Å²) in [5.74, 6) is -0.305. The van der Waals surface area contributed by atoms with E-state index >= 15 is 0 Å². The van der Waals surface area contributed by atoms with Crippen LogP contribution in [0.3, 0.4) is 0 Å². The number of hydrogen-bond donors (Lipinski definition) is 0. The predicted molar refractivity (Wildman–Crippen MR) is 82.0 cm³/mol. The molecule has 0 aromatic heterocycles. The minimum absolute atomic E-state index is 0.0250.